The first-order chi connectivity index (χ1) is 13.5. The average Bonchev–Trinajstić information content (AvgIpc) is 3.06. The number of hydrogen-bond acceptors (Lipinski definition) is 4. The summed E-state index contributed by atoms with van der Waals surface area (Å²) in [6, 6.07) is 1.98. The molecule has 4 bridgehead atoms. The lowest BCUT2D eigenvalue weighted by Gasteiger charge is -2.56. The summed E-state index contributed by atoms with van der Waals surface area (Å²) in [7, 11) is 0. The molecule has 4 nitrogen and oxygen atoms in total. The van der Waals surface area contributed by atoms with Gasteiger partial charge in [0.25, 0.3) is 5.91 Å². The van der Waals surface area contributed by atoms with Crippen LogP contribution in [0.4, 0.5) is 0 Å². The van der Waals surface area contributed by atoms with E-state index in [2.05, 4.69) is 12.2 Å². The molecule has 0 spiro atoms. The maximum Gasteiger partial charge on any atom is 0.348 e. The Labute approximate surface area is 171 Å². The van der Waals surface area contributed by atoms with Crippen LogP contribution in [0.5, 0.6) is 0 Å². The number of rotatable bonds is 5. The predicted molar refractivity (Wildman–Crippen MR) is 109 cm³/mol. The van der Waals surface area contributed by atoms with Crippen LogP contribution in [0.2, 0.25) is 0 Å². The summed E-state index contributed by atoms with van der Waals surface area (Å²) in [5.41, 5.74) is 1.61. The molecule has 152 valence electrons. The normalized spacial score (nSPS) is 35.5. The van der Waals surface area contributed by atoms with E-state index >= 15 is 0 Å². The summed E-state index contributed by atoms with van der Waals surface area (Å²) < 4.78 is 5.33. The van der Waals surface area contributed by atoms with Gasteiger partial charge in [0, 0.05) is 11.4 Å². The maximum absolute atomic E-state index is 12.4. The predicted octanol–water partition coefficient (Wildman–Crippen LogP) is 4.36. The summed E-state index contributed by atoms with van der Waals surface area (Å²) in [6.45, 7) is 2.86. The van der Waals surface area contributed by atoms with Gasteiger partial charge in [-0.1, -0.05) is 6.92 Å². The lowest BCUT2D eigenvalue weighted by atomic mass is 9.49. The molecular formula is C23H31NO3S. The molecule has 5 aliphatic rings. The van der Waals surface area contributed by atoms with Gasteiger partial charge in [0.05, 0.1) is 0 Å². The van der Waals surface area contributed by atoms with Gasteiger partial charge < -0.3 is 10.1 Å². The highest BCUT2D eigenvalue weighted by molar-refractivity contribution is 7.14. The number of thiophene rings is 1. The minimum Gasteiger partial charge on any atom is -0.451 e. The van der Waals surface area contributed by atoms with Gasteiger partial charge in [0.2, 0.25) is 0 Å². The summed E-state index contributed by atoms with van der Waals surface area (Å²) in [4.78, 5) is 26.7. The molecule has 1 amide bonds. The molecule has 0 aromatic carbocycles. The molecule has 4 saturated carbocycles. The van der Waals surface area contributed by atoms with Crippen molar-refractivity contribution in [2.75, 3.05) is 13.2 Å². The first-order valence-corrected chi connectivity index (χ1v) is 11.8. The van der Waals surface area contributed by atoms with Crippen LogP contribution in [0, 0.1) is 29.1 Å². The molecule has 0 aliphatic heterocycles. The van der Waals surface area contributed by atoms with Crippen LogP contribution in [0.15, 0.2) is 6.07 Å². The van der Waals surface area contributed by atoms with Gasteiger partial charge in [-0.3, -0.25) is 4.79 Å². The van der Waals surface area contributed by atoms with Crippen LogP contribution in [-0.4, -0.2) is 25.0 Å². The van der Waals surface area contributed by atoms with E-state index in [9.17, 15) is 9.59 Å². The minimum atomic E-state index is -0.350. The van der Waals surface area contributed by atoms with E-state index < -0.39 is 0 Å². The Morgan fingerprint density at radius 2 is 1.86 bits per heavy atom. The number of nitrogens with one attached hydrogen (secondary N) is 1. The third kappa shape index (κ3) is 3.62. The number of carbonyl (C=O) groups is 2. The highest BCUT2D eigenvalue weighted by Crippen LogP contribution is 2.59. The third-order valence-electron chi connectivity index (χ3n) is 7.69. The van der Waals surface area contributed by atoms with E-state index in [1.54, 1.807) is 11.3 Å². The summed E-state index contributed by atoms with van der Waals surface area (Å²) in [6.07, 6.45) is 11.4. The maximum atomic E-state index is 12.4. The van der Waals surface area contributed by atoms with Crippen molar-refractivity contribution in [1.82, 2.24) is 5.32 Å². The fraction of sp³-hybridized carbons (Fsp3) is 0.739. The van der Waals surface area contributed by atoms with Crippen molar-refractivity contribution in [2.24, 2.45) is 29.1 Å². The topological polar surface area (TPSA) is 55.4 Å². The lowest BCUT2D eigenvalue weighted by Crippen LogP contribution is -2.51. The third-order valence-corrected chi connectivity index (χ3v) is 8.91. The monoisotopic (exact) mass is 401 g/mol. The van der Waals surface area contributed by atoms with E-state index in [0.29, 0.717) is 16.2 Å². The molecule has 0 radical (unpaired) electrons. The number of aryl methyl sites for hydroxylation is 1. The van der Waals surface area contributed by atoms with Crippen LogP contribution in [0.3, 0.4) is 0 Å². The van der Waals surface area contributed by atoms with Crippen molar-refractivity contribution in [3.8, 4) is 0 Å². The quantitative estimate of drug-likeness (QED) is 0.746. The number of esters is 1. The van der Waals surface area contributed by atoms with E-state index in [1.165, 1.54) is 55.4 Å². The van der Waals surface area contributed by atoms with Gasteiger partial charge in [-0.25, -0.2) is 4.79 Å². The number of amides is 1. The Balaban J connectivity index is 1.12. The molecule has 28 heavy (non-hydrogen) atoms. The Bertz CT molecular complexity index is 748. The number of fused-ring (bicyclic) bond motifs is 1. The molecule has 1 atom stereocenters. The largest absolute Gasteiger partial charge is 0.451 e. The molecule has 5 heteroatoms. The standard InChI is InChI=1S/C23H31NO3S/c1-14-2-3-19-18(4-14)8-20(28-19)22(26)27-12-21(25)24-13-23-9-15-5-16(10-23)7-17(6-15)11-23/h8,14-17H,2-7,9-13H2,1H3,(H,24,25)/t14-,15?,16?,17?,23?/m1/s1. The highest BCUT2D eigenvalue weighted by Gasteiger charge is 2.50. The number of ether oxygens (including phenoxy) is 1. The molecule has 5 aliphatic carbocycles. The van der Waals surface area contributed by atoms with E-state index in [4.69, 9.17) is 4.74 Å². The molecule has 4 fully saturated rings. The summed E-state index contributed by atoms with van der Waals surface area (Å²) in [5.74, 6) is 2.83. The van der Waals surface area contributed by atoms with Crippen molar-refractivity contribution in [2.45, 2.75) is 64.7 Å². The smallest absolute Gasteiger partial charge is 0.348 e. The number of carbonyl (C=O) groups excluding carboxylic acids is 2. The zero-order valence-electron chi connectivity index (χ0n) is 16.8. The molecule has 1 heterocycles. The van der Waals surface area contributed by atoms with Crippen molar-refractivity contribution in [3.63, 3.8) is 0 Å². The van der Waals surface area contributed by atoms with E-state index in [0.717, 1.165) is 37.1 Å². The Morgan fingerprint density at radius 1 is 1.18 bits per heavy atom. The van der Waals surface area contributed by atoms with Crippen molar-refractivity contribution in [3.05, 3.63) is 21.4 Å². The van der Waals surface area contributed by atoms with Crippen LogP contribution >= 0.6 is 11.3 Å². The average molecular weight is 402 g/mol. The van der Waals surface area contributed by atoms with Crippen molar-refractivity contribution in [1.29, 1.82) is 0 Å². The van der Waals surface area contributed by atoms with Crippen LogP contribution in [0.25, 0.3) is 0 Å². The van der Waals surface area contributed by atoms with Gasteiger partial charge in [-0.2, -0.15) is 0 Å². The fourth-order valence-electron chi connectivity index (χ4n) is 6.85. The van der Waals surface area contributed by atoms with Crippen molar-refractivity contribution < 1.29 is 14.3 Å². The summed E-state index contributed by atoms with van der Waals surface area (Å²) in [5, 5.41) is 3.09. The molecule has 0 unspecified atom stereocenters. The minimum absolute atomic E-state index is 0.154. The summed E-state index contributed by atoms with van der Waals surface area (Å²) >= 11 is 1.54. The van der Waals surface area contributed by atoms with Gasteiger partial charge >= 0.3 is 5.97 Å². The fourth-order valence-corrected chi connectivity index (χ4v) is 7.95. The van der Waals surface area contributed by atoms with E-state index in [1.807, 2.05) is 6.07 Å². The lowest BCUT2D eigenvalue weighted by molar-refractivity contribution is -0.126. The zero-order valence-corrected chi connectivity index (χ0v) is 17.6. The van der Waals surface area contributed by atoms with E-state index in [-0.39, 0.29) is 18.5 Å². The molecular weight excluding hydrogens is 370 g/mol. The van der Waals surface area contributed by atoms with Crippen LogP contribution < -0.4 is 5.32 Å². The second kappa shape index (κ2) is 7.16. The second-order valence-corrected chi connectivity index (χ2v) is 11.3. The Hall–Kier alpha value is -1.36. The van der Waals surface area contributed by atoms with Gasteiger partial charge in [0.15, 0.2) is 6.61 Å². The Kier molecular flexibility index (Phi) is 4.77. The molecule has 6 rings (SSSR count). The van der Waals surface area contributed by atoms with Crippen LogP contribution in [-0.2, 0) is 22.4 Å². The van der Waals surface area contributed by atoms with Gasteiger partial charge in [-0.05, 0) is 98.5 Å². The molecule has 0 saturated heterocycles. The molecule has 1 aromatic heterocycles. The molecule has 1 N–H and O–H groups in total. The van der Waals surface area contributed by atoms with Crippen LogP contribution in [0.1, 0.15) is 72.0 Å². The van der Waals surface area contributed by atoms with Gasteiger partial charge in [-0.15, -0.1) is 11.3 Å². The highest BCUT2D eigenvalue weighted by atomic mass is 32.1. The SMILES string of the molecule is C[C@@H]1CCc2sc(C(=O)OCC(=O)NCC34CC5CC(CC(C5)C3)C4)cc2C1. The van der Waals surface area contributed by atoms with Gasteiger partial charge in [0.1, 0.15) is 4.88 Å². The van der Waals surface area contributed by atoms with Crippen molar-refractivity contribution >= 4 is 23.2 Å². The first kappa shape index (κ1) is 18.7. The number of hydrogen-bond donors (Lipinski definition) is 1. The zero-order chi connectivity index (χ0) is 19.3. The first-order valence-electron chi connectivity index (χ1n) is 11.0. The second-order valence-electron chi connectivity index (χ2n) is 10.2. The molecule has 1 aromatic rings. The Morgan fingerprint density at radius 3 is 2.54 bits per heavy atom.